The predicted molar refractivity (Wildman–Crippen MR) is 105 cm³/mol. The first kappa shape index (κ1) is 19.3. The average Bonchev–Trinajstić information content (AvgIpc) is 3.14. The van der Waals surface area contributed by atoms with Crippen LogP contribution in [0.15, 0.2) is 53.4 Å². The summed E-state index contributed by atoms with van der Waals surface area (Å²) in [7, 11) is -3.52. The number of likely N-dealkylation sites (tertiary alicyclic amines) is 1. The fraction of sp³-hybridized carbons (Fsp3) is 0.368. The minimum atomic E-state index is -3.52. The zero-order valence-electron chi connectivity index (χ0n) is 15.2. The van der Waals surface area contributed by atoms with E-state index in [4.69, 9.17) is 0 Å². The van der Waals surface area contributed by atoms with Gasteiger partial charge in [-0.1, -0.05) is 30.3 Å². The molecule has 1 N–H and O–H groups in total. The quantitative estimate of drug-likeness (QED) is 0.577. The highest BCUT2D eigenvalue weighted by atomic mass is 32.2. The van der Waals surface area contributed by atoms with Crippen LogP contribution in [0, 0.1) is 10.1 Å². The van der Waals surface area contributed by atoms with Crippen molar-refractivity contribution in [1.82, 2.24) is 4.90 Å². The van der Waals surface area contributed by atoms with Crippen molar-refractivity contribution < 1.29 is 13.3 Å². The Morgan fingerprint density at radius 3 is 2.41 bits per heavy atom. The van der Waals surface area contributed by atoms with E-state index in [0.29, 0.717) is 5.69 Å². The number of hydrogen-bond donors (Lipinski definition) is 1. The van der Waals surface area contributed by atoms with Gasteiger partial charge in [0.05, 0.1) is 15.9 Å². The number of hydrogen-bond acceptors (Lipinski definition) is 6. The first-order valence-electron chi connectivity index (χ1n) is 8.87. The Morgan fingerprint density at radius 1 is 1.15 bits per heavy atom. The SMILES string of the molecule is CS(=O)(=O)c1ccc(NC(CN2CCCC2)c2ccccc2)c([N+](=O)[O-])c1. The molecule has 0 radical (unpaired) electrons. The summed E-state index contributed by atoms with van der Waals surface area (Å²) in [6.07, 6.45) is 3.36. The molecule has 2 aromatic carbocycles. The third-order valence-electron chi connectivity index (χ3n) is 4.77. The topological polar surface area (TPSA) is 92.6 Å². The molecule has 7 nitrogen and oxygen atoms in total. The van der Waals surface area contributed by atoms with Crippen molar-refractivity contribution >= 4 is 21.2 Å². The van der Waals surface area contributed by atoms with Gasteiger partial charge in [0.1, 0.15) is 5.69 Å². The van der Waals surface area contributed by atoms with Crippen molar-refractivity contribution in [1.29, 1.82) is 0 Å². The largest absolute Gasteiger partial charge is 0.371 e. The van der Waals surface area contributed by atoms with Gasteiger partial charge >= 0.3 is 0 Å². The van der Waals surface area contributed by atoms with Crippen molar-refractivity contribution in [2.75, 3.05) is 31.2 Å². The van der Waals surface area contributed by atoms with Gasteiger partial charge in [0.2, 0.25) is 0 Å². The lowest BCUT2D eigenvalue weighted by molar-refractivity contribution is -0.384. The normalized spacial score (nSPS) is 16.2. The van der Waals surface area contributed by atoms with Gasteiger partial charge in [-0.15, -0.1) is 0 Å². The van der Waals surface area contributed by atoms with Crippen LogP contribution in [-0.2, 0) is 9.84 Å². The maximum Gasteiger partial charge on any atom is 0.293 e. The van der Waals surface area contributed by atoms with Gasteiger partial charge < -0.3 is 10.2 Å². The maximum absolute atomic E-state index is 11.7. The zero-order chi connectivity index (χ0) is 19.4. The fourth-order valence-electron chi connectivity index (χ4n) is 3.35. The molecule has 1 atom stereocenters. The van der Waals surface area contributed by atoms with E-state index in [-0.39, 0.29) is 16.6 Å². The second kappa shape index (κ2) is 8.06. The highest BCUT2D eigenvalue weighted by Gasteiger charge is 2.24. The number of sulfone groups is 1. The molecule has 8 heteroatoms. The lowest BCUT2D eigenvalue weighted by atomic mass is 10.1. The van der Waals surface area contributed by atoms with Crippen LogP contribution < -0.4 is 5.32 Å². The Labute approximate surface area is 159 Å². The van der Waals surface area contributed by atoms with Crippen molar-refractivity contribution in [3.05, 3.63) is 64.2 Å². The summed E-state index contributed by atoms with van der Waals surface area (Å²) in [6.45, 7) is 2.76. The lowest BCUT2D eigenvalue weighted by Crippen LogP contribution is -2.29. The van der Waals surface area contributed by atoms with E-state index in [1.165, 1.54) is 12.1 Å². The standard InChI is InChI=1S/C19H23N3O4S/c1-27(25,26)16-9-10-17(19(13-16)22(23)24)20-18(14-21-11-5-6-12-21)15-7-3-2-4-8-15/h2-4,7-10,13,18,20H,5-6,11-12,14H2,1H3. The Balaban J connectivity index is 1.93. The summed E-state index contributed by atoms with van der Waals surface area (Å²) in [5.41, 5.74) is 1.12. The predicted octanol–water partition coefficient (Wildman–Crippen LogP) is 3.25. The van der Waals surface area contributed by atoms with Gasteiger partial charge in [-0.2, -0.15) is 0 Å². The van der Waals surface area contributed by atoms with Gasteiger partial charge in [0, 0.05) is 18.9 Å². The highest BCUT2D eigenvalue weighted by Crippen LogP contribution is 2.31. The molecular formula is C19H23N3O4S. The number of benzene rings is 2. The second-order valence-corrected chi connectivity index (χ2v) is 8.84. The number of rotatable bonds is 7. The molecule has 3 rings (SSSR count). The fourth-order valence-corrected chi connectivity index (χ4v) is 3.99. The summed E-state index contributed by atoms with van der Waals surface area (Å²) in [5, 5.41) is 14.8. The van der Waals surface area contributed by atoms with Crippen LogP contribution in [0.3, 0.4) is 0 Å². The monoisotopic (exact) mass is 389 g/mol. The Kier molecular flexibility index (Phi) is 5.76. The summed E-state index contributed by atoms with van der Waals surface area (Å²) >= 11 is 0. The summed E-state index contributed by atoms with van der Waals surface area (Å²) in [4.78, 5) is 13.3. The van der Waals surface area contributed by atoms with Crippen LogP contribution in [0.1, 0.15) is 24.4 Å². The molecule has 27 heavy (non-hydrogen) atoms. The third kappa shape index (κ3) is 4.84. The first-order valence-corrected chi connectivity index (χ1v) is 10.8. The second-order valence-electron chi connectivity index (χ2n) is 6.82. The Morgan fingerprint density at radius 2 is 1.81 bits per heavy atom. The minimum Gasteiger partial charge on any atom is -0.371 e. The highest BCUT2D eigenvalue weighted by molar-refractivity contribution is 7.90. The number of nitrogens with one attached hydrogen (secondary N) is 1. The molecule has 1 unspecified atom stereocenters. The molecule has 0 saturated carbocycles. The van der Waals surface area contributed by atoms with E-state index < -0.39 is 14.8 Å². The number of nitro groups is 1. The van der Waals surface area contributed by atoms with Gasteiger partial charge in [0.15, 0.2) is 9.84 Å². The molecule has 0 aliphatic carbocycles. The van der Waals surface area contributed by atoms with E-state index in [2.05, 4.69) is 10.2 Å². The van der Waals surface area contributed by atoms with Crippen LogP contribution in [-0.4, -0.2) is 44.1 Å². The van der Waals surface area contributed by atoms with Crippen LogP contribution in [0.5, 0.6) is 0 Å². The molecule has 1 aliphatic heterocycles. The molecule has 0 bridgehead atoms. The van der Waals surface area contributed by atoms with Crippen LogP contribution in [0.2, 0.25) is 0 Å². The summed E-state index contributed by atoms with van der Waals surface area (Å²) < 4.78 is 23.5. The summed E-state index contributed by atoms with van der Waals surface area (Å²) in [5.74, 6) is 0. The van der Waals surface area contributed by atoms with Gasteiger partial charge in [-0.3, -0.25) is 10.1 Å². The Hall–Kier alpha value is -2.45. The van der Waals surface area contributed by atoms with Gasteiger partial charge in [-0.25, -0.2) is 8.42 Å². The molecule has 0 spiro atoms. The Bertz CT molecular complexity index is 910. The van der Waals surface area contributed by atoms with Gasteiger partial charge in [0.25, 0.3) is 5.69 Å². The average molecular weight is 389 g/mol. The number of nitrogens with zero attached hydrogens (tertiary/aromatic N) is 2. The number of anilines is 1. The molecule has 1 aliphatic rings. The smallest absolute Gasteiger partial charge is 0.293 e. The molecule has 1 saturated heterocycles. The third-order valence-corrected chi connectivity index (χ3v) is 5.88. The van der Waals surface area contributed by atoms with Gasteiger partial charge in [-0.05, 0) is 43.6 Å². The molecule has 0 amide bonds. The van der Waals surface area contributed by atoms with E-state index in [1.807, 2.05) is 30.3 Å². The van der Waals surface area contributed by atoms with Crippen LogP contribution in [0.4, 0.5) is 11.4 Å². The lowest BCUT2D eigenvalue weighted by Gasteiger charge is -2.25. The van der Waals surface area contributed by atoms with Crippen molar-refractivity contribution in [3.63, 3.8) is 0 Å². The first-order chi connectivity index (χ1) is 12.8. The molecule has 0 aromatic heterocycles. The van der Waals surface area contributed by atoms with Crippen LogP contribution >= 0.6 is 0 Å². The minimum absolute atomic E-state index is 0.0597. The van der Waals surface area contributed by atoms with Crippen LogP contribution in [0.25, 0.3) is 0 Å². The zero-order valence-corrected chi connectivity index (χ0v) is 16.0. The van der Waals surface area contributed by atoms with Crippen molar-refractivity contribution in [3.8, 4) is 0 Å². The molecule has 144 valence electrons. The van der Waals surface area contributed by atoms with E-state index in [0.717, 1.165) is 50.4 Å². The molecule has 2 aromatic rings. The number of nitro benzene ring substituents is 1. The molecule has 1 fully saturated rings. The van der Waals surface area contributed by atoms with E-state index in [9.17, 15) is 18.5 Å². The maximum atomic E-state index is 11.7. The van der Waals surface area contributed by atoms with Crippen molar-refractivity contribution in [2.24, 2.45) is 0 Å². The van der Waals surface area contributed by atoms with E-state index >= 15 is 0 Å². The van der Waals surface area contributed by atoms with Crippen molar-refractivity contribution in [2.45, 2.75) is 23.8 Å². The molecule has 1 heterocycles. The van der Waals surface area contributed by atoms with E-state index in [1.54, 1.807) is 0 Å². The summed E-state index contributed by atoms with van der Waals surface area (Å²) in [6, 6.07) is 13.7. The molecular weight excluding hydrogens is 366 g/mol.